The van der Waals surface area contributed by atoms with Gasteiger partial charge in [-0.1, -0.05) is 23.4 Å². The standard InChI is InChI=1S/C19H17F4N3O/c1-10(27)12-4-5-13(15(20)8-12)14-6-7-16-18(17(14)19(21,22)23)24-25-26(16)9-11-2-3-11/h4-8,10-11,27H,2-3,9H2,1H3. The van der Waals surface area contributed by atoms with Crippen LogP contribution in [0.1, 0.15) is 37.0 Å². The summed E-state index contributed by atoms with van der Waals surface area (Å²) in [5.41, 5.74) is -1.17. The van der Waals surface area contributed by atoms with E-state index in [0.29, 0.717) is 23.5 Å². The Bertz CT molecular complexity index is 1010. The van der Waals surface area contributed by atoms with Crippen molar-refractivity contribution >= 4 is 11.0 Å². The number of benzene rings is 2. The Morgan fingerprint density at radius 1 is 1.19 bits per heavy atom. The Morgan fingerprint density at radius 2 is 1.89 bits per heavy atom. The Morgan fingerprint density at radius 3 is 2.48 bits per heavy atom. The first-order chi connectivity index (χ1) is 12.8. The van der Waals surface area contributed by atoms with Crippen LogP contribution < -0.4 is 0 Å². The van der Waals surface area contributed by atoms with Crippen molar-refractivity contribution in [2.45, 2.75) is 38.6 Å². The van der Waals surface area contributed by atoms with Crippen molar-refractivity contribution in [1.82, 2.24) is 15.0 Å². The number of nitrogens with zero attached hydrogens (tertiary/aromatic N) is 3. The van der Waals surface area contributed by atoms with Crippen LogP contribution in [0.2, 0.25) is 0 Å². The maximum Gasteiger partial charge on any atom is 0.419 e. The first-order valence-electron chi connectivity index (χ1n) is 8.67. The van der Waals surface area contributed by atoms with Crippen molar-refractivity contribution in [1.29, 1.82) is 0 Å². The third-order valence-corrected chi connectivity index (χ3v) is 4.86. The molecule has 27 heavy (non-hydrogen) atoms. The van der Waals surface area contributed by atoms with E-state index in [1.54, 1.807) is 0 Å². The maximum atomic E-state index is 14.5. The maximum absolute atomic E-state index is 14.5. The van der Waals surface area contributed by atoms with Crippen molar-refractivity contribution < 1.29 is 22.7 Å². The van der Waals surface area contributed by atoms with Gasteiger partial charge in [-0.15, -0.1) is 5.10 Å². The minimum atomic E-state index is -4.72. The lowest BCUT2D eigenvalue weighted by molar-refractivity contribution is -0.135. The predicted octanol–water partition coefficient (Wildman–Crippen LogP) is 4.72. The molecule has 0 amide bonds. The molecular weight excluding hydrogens is 362 g/mol. The number of aliphatic hydroxyl groups excluding tert-OH is 1. The number of fused-ring (bicyclic) bond motifs is 1. The van der Waals surface area contributed by atoms with Crippen molar-refractivity contribution in [3.63, 3.8) is 0 Å². The molecule has 8 heteroatoms. The van der Waals surface area contributed by atoms with E-state index in [9.17, 15) is 22.7 Å². The van der Waals surface area contributed by atoms with Crippen LogP contribution in [0.4, 0.5) is 17.6 Å². The Balaban J connectivity index is 1.90. The van der Waals surface area contributed by atoms with Gasteiger partial charge >= 0.3 is 6.18 Å². The lowest BCUT2D eigenvalue weighted by atomic mass is 9.95. The molecular formula is C19H17F4N3O. The monoisotopic (exact) mass is 379 g/mol. The zero-order chi connectivity index (χ0) is 19.3. The minimum absolute atomic E-state index is 0.189. The largest absolute Gasteiger partial charge is 0.419 e. The van der Waals surface area contributed by atoms with Gasteiger partial charge in [0.2, 0.25) is 0 Å². The molecule has 2 aromatic carbocycles. The van der Waals surface area contributed by atoms with Crippen LogP contribution in [0.5, 0.6) is 0 Å². The van der Waals surface area contributed by atoms with Crippen molar-refractivity contribution in [3.05, 3.63) is 47.3 Å². The molecule has 1 fully saturated rings. The van der Waals surface area contributed by atoms with Crippen LogP contribution in [-0.2, 0) is 12.7 Å². The second-order valence-electron chi connectivity index (χ2n) is 6.98. The zero-order valence-corrected chi connectivity index (χ0v) is 14.5. The van der Waals surface area contributed by atoms with E-state index in [1.807, 2.05) is 0 Å². The molecule has 1 N–H and O–H groups in total. The molecule has 0 saturated heterocycles. The summed E-state index contributed by atoms with van der Waals surface area (Å²) in [6, 6.07) is 6.48. The number of aliphatic hydroxyl groups is 1. The van der Waals surface area contributed by atoms with E-state index < -0.39 is 23.7 Å². The molecule has 1 heterocycles. The van der Waals surface area contributed by atoms with E-state index >= 15 is 0 Å². The first kappa shape index (κ1) is 17.9. The number of hydrogen-bond donors (Lipinski definition) is 1. The molecule has 1 aliphatic carbocycles. The van der Waals surface area contributed by atoms with Gasteiger partial charge in [-0.25, -0.2) is 9.07 Å². The van der Waals surface area contributed by atoms with Gasteiger partial charge in [0.05, 0.1) is 17.2 Å². The van der Waals surface area contributed by atoms with Crippen molar-refractivity contribution in [2.24, 2.45) is 5.92 Å². The third-order valence-electron chi connectivity index (χ3n) is 4.86. The molecule has 4 nitrogen and oxygen atoms in total. The summed E-state index contributed by atoms with van der Waals surface area (Å²) in [7, 11) is 0. The molecule has 0 spiro atoms. The number of alkyl halides is 3. The highest BCUT2D eigenvalue weighted by molar-refractivity contribution is 5.87. The molecule has 1 unspecified atom stereocenters. The van der Waals surface area contributed by atoms with E-state index in [1.165, 1.54) is 35.9 Å². The Kier molecular flexibility index (Phi) is 4.18. The molecule has 0 aliphatic heterocycles. The molecule has 1 saturated carbocycles. The first-order valence-corrected chi connectivity index (χ1v) is 8.67. The normalized spacial score (nSPS) is 16.1. The average molecular weight is 379 g/mol. The van der Waals surface area contributed by atoms with Gasteiger partial charge in [0.25, 0.3) is 0 Å². The summed E-state index contributed by atoms with van der Waals surface area (Å²) in [5, 5.41) is 17.2. The SMILES string of the molecule is CC(O)c1ccc(-c2ccc3c(nnn3CC3CC3)c2C(F)(F)F)c(F)c1. The second kappa shape index (κ2) is 6.30. The van der Waals surface area contributed by atoms with Gasteiger partial charge in [0.15, 0.2) is 0 Å². The van der Waals surface area contributed by atoms with Crippen LogP contribution in [0.25, 0.3) is 22.2 Å². The molecule has 4 rings (SSSR count). The van der Waals surface area contributed by atoms with Gasteiger partial charge in [-0.3, -0.25) is 0 Å². The van der Waals surface area contributed by atoms with E-state index in [0.717, 1.165) is 18.9 Å². The highest BCUT2D eigenvalue weighted by Crippen LogP contribution is 2.42. The van der Waals surface area contributed by atoms with E-state index in [4.69, 9.17) is 0 Å². The van der Waals surface area contributed by atoms with Crippen LogP contribution in [0.15, 0.2) is 30.3 Å². The number of aromatic nitrogens is 3. The zero-order valence-electron chi connectivity index (χ0n) is 14.5. The number of halogens is 4. The number of rotatable bonds is 4. The molecule has 1 aromatic heterocycles. The minimum Gasteiger partial charge on any atom is -0.389 e. The van der Waals surface area contributed by atoms with E-state index in [2.05, 4.69) is 10.3 Å². The Hall–Kier alpha value is -2.48. The summed E-state index contributed by atoms with van der Waals surface area (Å²) in [6.07, 6.45) is -3.57. The third kappa shape index (κ3) is 3.29. The van der Waals surface area contributed by atoms with Crippen LogP contribution in [-0.4, -0.2) is 20.1 Å². The fraction of sp³-hybridized carbons (Fsp3) is 0.368. The fourth-order valence-corrected chi connectivity index (χ4v) is 3.24. The lowest BCUT2D eigenvalue weighted by Crippen LogP contribution is -2.09. The van der Waals surface area contributed by atoms with Crippen LogP contribution in [0, 0.1) is 11.7 Å². The van der Waals surface area contributed by atoms with Crippen molar-refractivity contribution in [2.75, 3.05) is 0 Å². The quantitative estimate of drug-likeness (QED) is 0.668. The molecule has 0 bridgehead atoms. The summed E-state index contributed by atoms with van der Waals surface area (Å²) in [6.45, 7) is 1.99. The summed E-state index contributed by atoms with van der Waals surface area (Å²) in [4.78, 5) is 0. The van der Waals surface area contributed by atoms with E-state index in [-0.39, 0.29) is 16.6 Å². The summed E-state index contributed by atoms with van der Waals surface area (Å²) in [5.74, 6) is -0.405. The molecule has 0 radical (unpaired) electrons. The molecule has 1 aliphatic rings. The van der Waals surface area contributed by atoms with Gasteiger partial charge in [0.1, 0.15) is 11.3 Å². The highest BCUT2D eigenvalue weighted by Gasteiger charge is 2.38. The van der Waals surface area contributed by atoms with Gasteiger partial charge in [-0.05, 0) is 48.9 Å². The number of hydrogen-bond acceptors (Lipinski definition) is 3. The van der Waals surface area contributed by atoms with Crippen LogP contribution >= 0.6 is 0 Å². The van der Waals surface area contributed by atoms with Gasteiger partial charge in [-0.2, -0.15) is 13.2 Å². The average Bonchev–Trinajstić information content (AvgIpc) is 3.32. The smallest absolute Gasteiger partial charge is 0.389 e. The molecule has 1 atom stereocenters. The topological polar surface area (TPSA) is 50.9 Å². The summed E-state index contributed by atoms with van der Waals surface area (Å²) >= 11 is 0. The van der Waals surface area contributed by atoms with Gasteiger partial charge in [0, 0.05) is 12.1 Å². The highest BCUT2D eigenvalue weighted by atomic mass is 19.4. The van der Waals surface area contributed by atoms with Crippen molar-refractivity contribution in [3.8, 4) is 11.1 Å². The predicted molar refractivity (Wildman–Crippen MR) is 91.3 cm³/mol. The molecule has 3 aromatic rings. The summed E-state index contributed by atoms with van der Waals surface area (Å²) < 4.78 is 57.6. The fourth-order valence-electron chi connectivity index (χ4n) is 3.24. The Labute approximate surface area is 152 Å². The van der Waals surface area contributed by atoms with Gasteiger partial charge < -0.3 is 5.11 Å². The lowest BCUT2D eigenvalue weighted by Gasteiger charge is -2.15. The molecule has 142 valence electrons. The van der Waals surface area contributed by atoms with Crippen LogP contribution in [0.3, 0.4) is 0 Å². The second-order valence-corrected chi connectivity index (χ2v) is 6.98.